The summed E-state index contributed by atoms with van der Waals surface area (Å²) >= 11 is 7.25. The van der Waals surface area contributed by atoms with Gasteiger partial charge in [0, 0.05) is 16.5 Å². The minimum atomic E-state index is -0.749. The zero-order valence-electron chi connectivity index (χ0n) is 14.8. The number of nitro groups is 1. The van der Waals surface area contributed by atoms with Crippen molar-refractivity contribution in [3.8, 4) is 12.3 Å². The number of terminal acetylenes is 1. The van der Waals surface area contributed by atoms with E-state index in [1.165, 1.54) is 29.5 Å². The second-order valence-corrected chi connectivity index (χ2v) is 7.56. The molecule has 4 rings (SSSR count). The van der Waals surface area contributed by atoms with Crippen molar-refractivity contribution in [2.75, 3.05) is 0 Å². The Bertz CT molecular complexity index is 1410. The number of amides is 1. The molecule has 1 heterocycles. The van der Waals surface area contributed by atoms with Crippen LogP contribution in [0.4, 0.5) is 5.69 Å². The molecule has 142 valence electrons. The summed E-state index contributed by atoms with van der Waals surface area (Å²) in [6.07, 6.45) is 5.52. The van der Waals surface area contributed by atoms with Crippen molar-refractivity contribution in [2.24, 2.45) is 4.99 Å². The zero-order chi connectivity index (χ0) is 20.5. The molecule has 0 saturated carbocycles. The summed E-state index contributed by atoms with van der Waals surface area (Å²) in [7, 11) is 0. The van der Waals surface area contributed by atoms with E-state index in [1.54, 1.807) is 4.57 Å². The van der Waals surface area contributed by atoms with Crippen molar-refractivity contribution in [3.05, 3.63) is 80.1 Å². The molecule has 0 bridgehead atoms. The molecule has 0 aliphatic carbocycles. The van der Waals surface area contributed by atoms with Crippen LogP contribution in [-0.4, -0.2) is 15.4 Å². The Morgan fingerprint density at radius 1 is 1.24 bits per heavy atom. The first-order chi connectivity index (χ1) is 14.0. The van der Waals surface area contributed by atoms with Crippen LogP contribution in [0.15, 0.2) is 59.6 Å². The normalized spacial score (nSPS) is 11.7. The maximum absolute atomic E-state index is 12.8. The van der Waals surface area contributed by atoms with Gasteiger partial charge in [0.2, 0.25) is 0 Å². The van der Waals surface area contributed by atoms with E-state index in [1.807, 2.05) is 36.4 Å². The van der Waals surface area contributed by atoms with Crippen LogP contribution in [0.1, 0.15) is 10.4 Å². The van der Waals surface area contributed by atoms with Crippen molar-refractivity contribution in [2.45, 2.75) is 6.54 Å². The summed E-state index contributed by atoms with van der Waals surface area (Å²) < 4.78 is 2.69. The number of carbonyl (C=O) groups is 1. The summed E-state index contributed by atoms with van der Waals surface area (Å²) in [5, 5.41) is 13.6. The molecule has 0 aliphatic rings. The predicted octanol–water partition coefficient (Wildman–Crippen LogP) is 4.79. The average Bonchev–Trinajstić information content (AvgIpc) is 3.05. The van der Waals surface area contributed by atoms with Crippen LogP contribution < -0.4 is 4.80 Å². The van der Waals surface area contributed by atoms with Crippen LogP contribution >= 0.6 is 22.9 Å². The molecule has 1 amide bonds. The first kappa shape index (κ1) is 18.9. The molecule has 0 atom stereocenters. The molecule has 0 unspecified atom stereocenters. The standard InChI is InChI=1S/C21H12ClN3O3S/c1-2-11-24-18-9-7-13-5-3-4-6-15(13)19(18)29-21(24)23-20(26)16-12-14(22)8-10-17(16)25(27)28/h1,3-10,12H,11H2. The van der Waals surface area contributed by atoms with Crippen molar-refractivity contribution in [3.63, 3.8) is 0 Å². The topological polar surface area (TPSA) is 77.5 Å². The number of halogens is 1. The van der Waals surface area contributed by atoms with Crippen LogP contribution in [0.25, 0.3) is 21.0 Å². The molecule has 0 fully saturated rings. The van der Waals surface area contributed by atoms with Gasteiger partial charge < -0.3 is 4.57 Å². The number of hydrogen-bond donors (Lipinski definition) is 0. The molecule has 29 heavy (non-hydrogen) atoms. The average molecular weight is 422 g/mol. The van der Waals surface area contributed by atoms with Crippen LogP contribution in [0.5, 0.6) is 0 Å². The Hall–Kier alpha value is -3.47. The fourth-order valence-electron chi connectivity index (χ4n) is 3.11. The number of hydrogen-bond acceptors (Lipinski definition) is 4. The maximum Gasteiger partial charge on any atom is 0.286 e. The van der Waals surface area contributed by atoms with Gasteiger partial charge >= 0.3 is 0 Å². The molecular weight excluding hydrogens is 410 g/mol. The smallest absolute Gasteiger partial charge is 0.286 e. The van der Waals surface area contributed by atoms with Gasteiger partial charge in [-0.3, -0.25) is 14.9 Å². The van der Waals surface area contributed by atoms with Gasteiger partial charge in [0.05, 0.1) is 21.7 Å². The summed E-state index contributed by atoms with van der Waals surface area (Å²) in [5.74, 6) is 1.82. The Morgan fingerprint density at radius 2 is 2.03 bits per heavy atom. The number of thiazole rings is 1. The summed E-state index contributed by atoms with van der Waals surface area (Å²) in [6.45, 7) is 0.210. The Kier molecular flexibility index (Phi) is 4.89. The van der Waals surface area contributed by atoms with Crippen LogP contribution in [0.3, 0.4) is 0 Å². The largest absolute Gasteiger partial charge is 0.305 e. The lowest BCUT2D eigenvalue weighted by Crippen LogP contribution is -2.17. The van der Waals surface area contributed by atoms with Crippen molar-refractivity contribution >= 4 is 55.5 Å². The number of rotatable bonds is 3. The first-order valence-electron chi connectivity index (χ1n) is 8.47. The zero-order valence-corrected chi connectivity index (χ0v) is 16.4. The van der Waals surface area contributed by atoms with E-state index in [2.05, 4.69) is 10.9 Å². The predicted molar refractivity (Wildman–Crippen MR) is 114 cm³/mol. The maximum atomic E-state index is 12.8. The highest BCUT2D eigenvalue weighted by molar-refractivity contribution is 7.17. The van der Waals surface area contributed by atoms with E-state index >= 15 is 0 Å². The van der Waals surface area contributed by atoms with Crippen molar-refractivity contribution < 1.29 is 9.72 Å². The van der Waals surface area contributed by atoms with E-state index in [0.29, 0.717) is 4.80 Å². The molecule has 1 aromatic heterocycles. The third-order valence-electron chi connectivity index (χ3n) is 4.41. The first-order valence-corrected chi connectivity index (χ1v) is 9.66. The van der Waals surface area contributed by atoms with E-state index in [9.17, 15) is 14.9 Å². The number of nitro benzene ring substituents is 1. The summed E-state index contributed by atoms with van der Waals surface area (Å²) in [5.41, 5.74) is 0.328. The number of aromatic nitrogens is 1. The number of benzene rings is 3. The quantitative estimate of drug-likeness (QED) is 0.271. The highest BCUT2D eigenvalue weighted by Crippen LogP contribution is 2.28. The van der Waals surface area contributed by atoms with E-state index in [4.69, 9.17) is 18.0 Å². The van der Waals surface area contributed by atoms with Crippen molar-refractivity contribution in [1.29, 1.82) is 0 Å². The lowest BCUT2D eigenvalue weighted by molar-refractivity contribution is -0.385. The molecular formula is C21H12ClN3O3S. The molecule has 0 spiro atoms. The molecule has 0 N–H and O–H groups in total. The van der Waals surface area contributed by atoms with Gasteiger partial charge in [0.25, 0.3) is 11.6 Å². The lowest BCUT2D eigenvalue weighted by atomic mass is 10.1. The van der Waals surface area contributed by atoms with E-state index < -0.39 is 10.8 Å². The third kappa shape index (κ3) is 3.40. The lowest BCUT2D eigenvalue weighted by Gasteiger charge is -2.02. The third-order valence-corrected chi connectivity index (χ3v) is 5.77. The summed E-state index contributed by atoms with van der Waals surface area (Å²) in [4.78, 5) is 28.0. The minimum Gasteiger partial charge on any atom is -0.305 e. The van der Waals surface area contributed by atoms with Crippen molar-refractivity contribution in [1.82, 2.24) is 4.57 Å². The Balaban J connectivity index is 1.97. The van der Waals surface area contributed by atoms with Gasteiger partial charge in [-0.1, -0.05) is 59.2 Å². The molecule has 0 aliphatic heterocycles. The summed E-state index contributed by atoms with van der Waals surface area (Å²) in [6, 6.07) is 15.6. The molecule has 0 radical (unpaired) electrons. The van der Waals surface area contributed by atoms with Crippen LogP contribution in [-0.2, 0) is 6.54 Å². The van der Waals surface area contributed by atoms with Gasteiger partial charge in [-0.2, -0.15) is 4.99 Å². The van der Waals surface area contributed by atoms with Gasteiger partial charge in [-0.05, 0) is 23.6 Å². The highest BCUT2D eigenvalue weighted by atomic mass is 35.5. The van der Waals surface area contributed by atoms with Gasteiger partial charge in [-0.15, -0.1) is 6.42 Å². The van der Waals surface area contributed by atoms with Crippen LogP contribution in [0.2, 0.25) is 5.02 Å². The Labute approximate surface area is 173 Å². The highest BCUT2D eigenvalue weighted by Gasteiger charge is 2.21. The van der Waals surface area contributed by atoms with Gasteiger partial charge in [0.15, 0.2) is 4.80 Å². The minimum absolute atomic E-state index is 0.169. The Morgan fingerprint density at radius 3 is 2.79 bits per heavy atom. The number of fused-ring (bicyclic) bond motifs is 3. The molecule has 8 heteroatoms. The molecule has 3 aromatic carbocycles. The van der Waals surface area contributed by atoms with E-state index in [-0.39, 0.29) is 22.8 Å². The molecule has 0 saturated heterocycles. The molecule has 4 aromatic rings. The monoisotopic (exact) mass is 421 g/mol. The van der Waals surface area contributed by atoms with Gasteiger partial charge in [-0.25, -0.2) is 0 Å². The molecule has 6 nitrogen and oxygen atoms in total. The second-order valence-electron chi connectivity index (χ2n) is 6.15. The second kappa shape index (κ2) is 7.51. The van der Waals surface area contributed by atoms with E-state index in [0.717, 1.165) is 21.0 Å². The fraction of sp³-hybridized carbons (Fsp3) is 0.0476. The van der Waals surface area contributed by atoms with Crippen LogP contribution in [0, 0.1) is 22.5 Å². The fourth-order valence-corrected chi connectivity index (χ4v) is 4.45. The number of carbonyl (C=O) groups excluding carboxylic acids is 1. The number of nitrogens with zero attached hydrogens (tertiary/aromatic N) is 3. The SMILES string of the molecule is C#CCn1c(=NC(=O)c2cc(Cl)ccc2[N+](=O)[O-])sc2c3ccccc3ccc21. The van der Waals surface area contributed by atoms with Gasteiger partial charge in [0.1, 0.15) is 5.56 Å².